The highest BCUT2D eigenvalue weighted by atomic mass is 16.3. The molecule has 1 fully saturated rings. The highest BCUT2D eigenvalue weighted by Gasteiger charge is 2.28. The molecule has 1 atom stereocenters. The van der Waals surface area contributed by atoms with Gasteiger partial charge in [-0.3, -0.25) is 4.79 Å². The topological polar surface area (TPSA) is 49.3 Å². The number of fused-ring (bicyclic) bond motifs is 1. The van der Waals surface area contributed by atoms with Crippen LogP contribution < -0.4 is 5.32 Å². The van der Waals surface area contributed by atoms with Crippen molar-refractivity contribution in [1.82, 2.24) is 5.32 Å². The lowest BCUT2D eigenvalue weighted by Gasteiger charge is -2.31. The van der Waals surface area contributed by atoms with E-state index in [0.29, 0.717) is 5.92 Å². The van der Waals surface area contributed by atoms with Crippen LogP contribution >= 0.6 is 0 Å². The summed E-state index contributed by atoms with van der Waals surface area (Å²) in [6.07, 6.45) is 3.91. The number of aliphatic hydroxyl groups is 1. The molecule has 0 bridgehead atoms. The van der Waals surface area contributed by atoms with E-state index in [4.69, 9.17) is 0 Å². The summed E-state index contributed by atoms with van der Waals surface area (Å²) in [4.78, 5) is 11.7. The molecule has 3 rings (SSSR count). The van der Waals surface area contributed by atoms with Crippen molar-refractivity contribution >= 4 is 5.91 Å². The van der Waals surface area contributed by atoms with Crippen molar-refractivity contribution in [3.8, 4) is 0 Å². The first kappa shape index (κ1) is 10.8. The van der Waals surface area contributed by atoms with Gasteiger partial charge in [-0.05, 0) is 42.4 Å². The zero-order valence-electron chi connectivity index (χ0n) is 9.78. The van der Waals surface area contributed by atoms with Crippen LogP contribution in [0.2, 0.25) is 0 Å². The van der Waals surface area contributed by atoms with Crippen LogP contribution in [0.15, 0.2) is 18.2 Å². The van der Waals surface area contributed by atoms with Crippen LogP contribution in [0.4, 0.5) is 0 Å². The molecule has 3 nitrogen and oxygen atoms in total. The standard InChI is InChI=1S/C14H17NO2/c16-13(10-2-1-3-10)11-5-4-9-6-7-15-14(17)12(9)8-11/h4-5,8,10,13,16H,1-3,6-7H2,(H,15,17). The third-order valence-electron chi connectivity index (χ3n) is 4.00. The van der Waals surface area contributed by atoms with E-state index < -0.39 is 6.10 Å². The van der Waals surface area contributed by atoms with Crippen molar-refractivity contribution in [2.24, 2.45) is 5.92 Å². The van der Waals surface area contributed by atoms with E-state index in [9.17, 15) is 9.90 Å². The third-order valence-corrected chi connectivity index (χ3v) is 4.00. The van der Waals surface area contributed by atoms with Gasteiger partial charge in [0.2, 0.25) is 0 Å². The molecule has 1 aromatic rings. The van der Waals surface area contributed by atoms with Gasteiger partial charge in [0, 0.05) is 12.1 Å². The molecule has 1 aliphatic heterocycles. The normalized spacial score (nSPS) is 21.4. The summed E-state index contributed by atoms with van der Waals surface area (Å²) in [6, 6.07) is 5.83. The summed E-state index contributed by atoms with van der Waals surface area (Å²) in [5, 5.41) is 13.0. The van der Waals surface area contributed by atoms with Crippen LogP contribution in [0, 0.1) is 5.92 Å². The molecule has 2 aliphatic rings. The molecule has 1 amide bonds. The molecule has 1 heterocycles. The van der Waals surface area contributed by atoms with Gasteiger partial charge in [0.15, 0.2) is 0 Å². The Bertz CT molecular complexity index is 452. The van der Waals surface area contributed by atoms with Gasteiger partial charge >= 0.3 is 0 Å². The number of carbonyl (C=O) groups is 1. The van der Waals surface area contributed by atoms with Crippen molar-refractivity contribution in [1.29, 1.82) is 0 Å². The summed E-state index contributed by atoms with van der Waals surface area (Å²) >= 11 is 0. The van der Waals surface area contributed by atoms with Crippen LogP contribution in [-0.2, 0) is 6.42 Å². The predicted octanol–water partition coefficient (Wildman–Crippen LogP) is 1.81. The maximum atomic E-state index is 11.7. The smallest absolute Gasteiger partial charge is 0.251 e. The Morgan fingerprint density at radius 2 is 2.18 bits per heavy atom. The molecule has 1 aliphatic carbocycles. The number of rotatable bonds is 2. The Labute approximate surface area is 101 Å². The first-order chi connectivity index (χ1) is 8.25. The van der Waals surface area contributed by atoms with Crippen molar-refractivity contribution in [2.75, 3.05) is 6.54 Å². The molecule has 3 heteroatoms. The molecule has 0 saturated heterocycles. The lowest BCUT2D eigenvalue weighted by molar-refractivity contribution is 0.0620. The highest BCUT2D eigenvalue weighted by molar-refractivity contribution is 5.96. The van der Waals surface area contributed by atoms with E-state index in [1.807, 2.05) is 18.2 Å². The molecule has 1 unspecified atom stereocenters. The lowest BCUT2D eigenvalue weighted by atomic mass is 9.78. The van der Waals surface area contributed by atoms with E-state index in [1.165, 1.54) is 6.42 Å². The SMILES string of the molecule is O=C1NCCc2ccc(C(O)C3CCC3)cc21. The first-order valence-corrected chi connectivity index (χ1v) is 6.35. The van der Waals surface area contributed by atoms with Crippen molar-refractivity contribution < 1.29 is 9.90 Å². The summed E-state index contributed by atoms with van der Waals surface area (Å²) in [5.74, 6) is 0.383. The fourth-order valence-electron chi connectivity index (χ4n) is 2.64. The summed E-state index contributed by atoms with van der Waals surface area (Å²) in [6.45, 7) is 0.719. The average molecular weight is 231 g/mol. The summed E-state index contributed by atoms with van der Waals surface area (Å²) < 4.78 is 0. The largest absolute Gasteiger partial charge is 0.388 e. The Balaban J connectivity index is 1.91. The zero-order valence-corrected chi connectivity index (χ0v) is 9.78. The minimum atomic E-state index is -0.399. The number of carbonyl (C=O) groups excluding carboxylic acids is 1. The predicted molar refractivity (Wildman–Crippen MR) is 64.8 cm³/mol. The molecular weight excluding hydrogens is 214 g/mol. The van der Waals surface area contributed by atoms with Crippen LogP contribution in [0.1, 0.15) is 46.9 Å². The van der Waals surface area contributed by atoms with Gasteiger partial charge in [0.25, 0.3) is 5.91 Å². The van der Waals surface area contributed by atoms with Gasteiger partial charge in [0.05, 0.1) is 6.10 Å². The first-order valence-electron chi connectivity index (χ1n) is 6.35. The maximum Gasteiger partial charge on any atom is 0.251 e. The summed E-state index contributed by atoms with van der Waals surface area (Å²) in [5.41, 5.74) is 2.73. The van der Waals surface area contributed by atoms with Gasteiger partial charge < -0.3 is 10.4 Å². The van der Waals surface area contributed by atoms with Gasteiger partial charge in [-0.25, -0.2) is 0 Å². The van der Waals surface area contributed by atoms with E-state index in [0.717, 1.165) is 42.5 Å². The van der Waals surface area contributed by atoms with Crippen LogP contribution in [0.3, 0.4) is 0 Å². The number of nitrogens with one attached hydrogen (secondary N) is 1. The van der Waals surface area contributed by atoms with Crippen molar-refractivity contribution in [3.05, 3.63) is 34.9 Å². The highest BCUT2D eigenvalue weighted by Crippen LogP contribution is 2.38. The van der Waals surface area contributed by atoms with Crippen molar-refractivity contribution in [3.63, 3.8) is 0 Å². The number of hydrogen-bond donors (Lipinski definition) is 2. The molecule has 0 spiro atoms. The second-order valence-corrected chi connectivity index (χ2v) is 5.06. The number of amides is 1. The zero-order chi connectivity index (χ0) is 11.8. The van der Waals surface area contributed by atoms with E-state index in [1.54, 1.807) is 0 Å². The number of aliphatic hydroxyl groups excluding tert-OH is 1. The second-order valence-electron chi connectivity index (χ2n) is 5.06. The molecule has 17 heavy (non-hydrogen) atoms. The fraction of sp³-hybridized carbons (Fsp3) is 0.500. The Morgan fingerprint density at radius 3 is 2.88 bits per heavy atom. The van der Waals surface area contributed by atoms with E-state index in [2.05, 4.69) is 5.32 Å². The number of hydrogen-bond acceptors (Lipinski definition) is 2. The molecule has 1 saturated carbocycles. The van der Waals surface area contributed by atoms with Gasteiger partial charge in [-0.15, -0.1) is 0 Å². The Morgan fingerprint density at radius 1 is 1.35 bits per heavy atom. The number of benzene rings is 1. The Kier molecular flexibility index (Phi) is 2.63. The quantitative estimate of drug-likeness (QED) is 0.815. The van der Waals surface area contributed by atoms with Crippen LogP contribution in [0.5, 0.6) is 0 Å². The minimum Gasteiger partial charge on any atom is -0.388 e. The van der Waals surface area contributed by atoms with Gasteiger partial charge in [0.1, 0.15) is 0 Å². The van der Waals surface area contributed by atoms with Gasteiger partial charge in [-0.1, -0.05) is 18.6 Å². The molecule has 0 aromatic heterocycles. The fourth-order valence-corrected chi connectivity index (χ4v) is 2.64. The average Bonchev–Trinajstić information content (AvgIpc) is 2.27. The maximum absolute atomic E-state index is 11.7. The van der Waals surface area contributed by atoms with E-state index in [-0.39, 0.29) is 5.91 Å². The minimum absolute atomic E-state index is 0.00564. The van der Waals surface area contributed by atoms with Crippen molar-refractivity contribution in [2.45, 2.75) is 31.8 Å². The molecule has 0 radical (unpaired) electrons. The second kappa shape index (κ2) is 4.15. The van der Waals surface area contributed by atoms with Crippen LogP contribution in [0.25, 0.3) is 0 Å². The monoisotopic (exact) mass is 231 g/mol. The molecule has 1 aromatic carbocycles. The molecular formula is C14H17NO2. The molecule has 90 valence electrons. The van der Waals surface area contributed by atoms with Gasteiger partial charge in [-0.2, -0.15) is 0 Å². The third kappa shape index (κ3) is 1.84. The molecule has 2 N–H and O–H groups in total. The van der Waals surface area contributed by atoms with E-state index >= 15 is 0 Å². The summed E-state index contributed by atoms with van der Waals surface area (Å²) in [7, 11) is 0. The van der Waals surface area contributed by atoms with Crippen LogP contribution in [-0.4, -0.2) is 17.6 Å². The Hall–Kier alpha value is -1.35. The lowest BCUT2D eigenvalue weighted by Crippen LogP contribution is -2.32.